The van der Waals surface area contributed by atoms with Crippen molar-refractivity contribution in [3.8, 4) is 22.3 Å². The molecule has 0 radical (unpaired) electrons. The van der Waals surface area contributed by atoms with Crippen molar-refractivity contribution in [3.05, 3.63) is 129 Å². The fourth-order valence-corrected chi connectivity index (χ4v) is 43.8. The standard InChI is InChI=1S/2C27H33.C2H7Si.2ClH.Zr/c2*1-2-3-4-6-10-21-19-25-13-9-14-26(27(25)20-21)24-17-15-23(16-18-24)22-11-7-5-8-12-22;1-3-2;;;/h2*9,13-20,22H,2-8,10-12H2,1H3;3H,1-2H3;2*1H;/q;;;;;+2/p-2. The van der Waals surface area contributed by atoms with Crippen molar-refractivity contribution in [2.24, 2.45) is 0 Å². The van der Waals surface area contributed by atoms with E-state index in [1.54, 1.807) is 0 Å². The molecular weight excluding hydrogens is 863 g/mol. The number of halogens is 2. The maximum absolute atomic E-state index is 9.03. The van der Waals surface area contributed by atoms with Crippen molar-refractivity contribution in [2.45, 2.75) is 174 Å². The number of hydrogen-bond donors (Lipinski definition) is 0. The predicted octanol–water partition coefficient (Wildman–Crippen LogP) is 18.6. The molecule has 4 heteroatoms. The average molecular weight is 936 g/mol. The third-order valence-corrected chi connectivity index (χ3v) is 67.6. The summed E-state index contributed by atoms with van der Waals surface area (Å²) in [6.07, 6.45) is 31.0. The molecule has 4 aliphatic rings. The Morgan fingerprint density at radius 3 is 1.27 bits per heavy atom. The van der Waals surface area contributed by atoms with E-state index >= 15 is 0 Å². The van der Waals surface area contributed by atoms with E-state index in [0.717, 1.165) is 12.8 Å². The fraction of sp³-hybridized carbons (Fsp3) is 0.500. The van der Waals surface area contributed by atoms with Gasteiger partial charge in [-0.3, -0.25) is 0 Å². The molecule has 4 aromatic rings. The molecule has 0 saturated heterocycles. The zero-order valence-electron chi connectivity index (χ0n) is 37.5. The van der Waals surface area contributed by atoms with Crippen molar-refractivity contribution in [1.29, 1.82) is 0 Å². The van der Waals surface area contributed by atoms with Gasteiger partial charge in [0.25, 0.3) is 0 Å². The molecule has 0 spiro atoms. The Labute approximate surface area is 373 Å². The zero-order valence-corrected chi connectivity index (χ0v) is 42.6. The Morgan fingerprint density at radius 1 is 0.500 bits per heavy atom. The first-order valence-corrected chi connectivity index (χ1v) is 41.0. The van der Waals surface area contributed by atoms with Gasteiger partial charge in [-0.15, -0.1) is 0 Å². The molecular formula is C56H73Cl2SiZr. The second kappa shape index (κ2) is 19.8. The van der Waals surface area contributed by atoms with Gasteiger partial charge in [-0.25, -0.2) is 0 Å². The molecule has 0 heterocycles. The molecule has 2 unspecified atom stereocenters. The van der Waals surface area contributed by atoms with Crippen LogP contribution in [0, 0.1) is 0 Å². The van der Waals surface area contributed by atoms with Gasteiger partial charge in [0.1, 0.15) is 0 Å². The fourth-order valence-electron chi connectivity index (χ4n) is 12.3. The summed E-state index contributed by atoms with van der Waals surface area (Å²) in [5.41, 5.74) is 17.1. The summed E-state index contributed by atoms with van der Waals surface area (Å²) in [7, 11) is 18.1. The third-order valence-electron chi connectivity index (χ3n) is 15.7. The minimum absolute atomic E-state index is 0.132. The van der Waals surface area contributed by atoms with E-state index in [4.69, 9.17) is 17.0 Å². The molecule has 2 fully saturated rings. The Morgan fingerprint density at radius 2 is 0.900 bits per heavy atom. The molecule has 0 aromatic heterocycles. The summed E-state index contributed by atoms with van der Waals surface area (Å²) in [6, 6.07) is 33.7. The van der Waals surface area contributed by atoms with Crippen LogP contribution in [-0.2, 0) is 15.6 Å². The molecule has 319 valence electrons. The van der Waals surface area contributed by atoms with E-state index in [0.29, 0.717) is 11.8 Å². The Bertz CT molecular complexity index is 1980. The first kappa shape index (κ1) is 44.6. The third kappa shape index (κ3) is 8.91. The van der Waals surface area contributed by atoms with E-state index < -0.39 is 21.5 Å². The number of hydrogen-bond acceptors (Lipinski definition) is 0. The number of fused-ring (bicyclic) bond motifs is 2. The second-order valence-corrected chi connectivity index (χ2v) is 62.3. The van der Waals surface area contributed by atoms with E-state index in [-0.39, 0.29) is 7.25 Å². The zero-order chi connectivity index (χ0) is 41.7. The van der Waals surface area contributed by atoms with Crippen molar-refractivity contribution >= 4 is 35.1 Å². The Hall–Kier alpha value is -1.96. The normalized spacial score (nSPS) is 20.4. The topological polar surface area (TPSA) is 0 Å². The molecule has 0 N–H and O–H groups in total. The van der Waals surface area contributed by atoms with Gasteiger partial charge in [0.2, 0.25) is 0 Å². The van der Waals surface area contributed by atoms with Crippen LogP contribution in [0.4, 0.5) is 0 Å². The van der Waals surface area contributed by atoms with Gasteiger partial charge in [-0.1, -0.05) is 0 Å². The van der Waals surface area contributed by atoms with Gasteiger partial charge in [0, 0.05) is 0 Å². The molecule has 0 amide bonds. The van der Waals surface area contributed by atoms with Crippen molar-refractivity contribution in [3.63, 3.8) is 0 Å². The number of unbranched alkanes of at least 4 members (excludes halogenated alkanes) is 6. The second-order valence-electron chi connectivity index (χ2n) is 19.8. The number of allylic oxidation sites excluding steroid dienone is 2. The van der Waals surface area contributed by atoms with Crippen LogP contribution in [0.25, 0.3) is 34.4 Å². The predicted molar refractivity (Wildman–Crippen MR) is 265 cm³/mol. The summed E-state index contributed by atoms with van der Waals surface area (Å²) in [6.45, 7) is 9.71. The van der Waals surface area contributed by atoms with E-state index in [9.17, 15) is 0 Å². The van der Waals surface area contributed by atoms with Gasteiger partial charge in [-0.05, 0) is 0 Å². The van der Waals surface area contributed by atoms with Gasteiger partial charge in [-0.2, -0.15) is 0 Å². The first-order valence-electron chi connectivity index (χ1n) is 24.7. The van der Waals surface area contributed by atoms with Crippen LogP contribution >= 0.6 is 17.0 Å². The van der Waals surface area contributed by atoms with Gasteiger partial charge < -0.3 is 0 Å². The minimum atomic E-state index is -4.95. The van der Waals surface area contributed by atoms with E-state index in [1.165, 1.54) is 182 Å². The first-order chi connectivity index (χ1) is 29.2. The van der Waals surface area contributed by atoms with E-state index in [2.05, 4.69) is 124 Å². The van der Waals surface area contributed by atoms with Crippen LogP contribution in [0.5, 0.6) is 0 Å². The van der Waals surface area contributed by atoms with Crippen LogP contribution in [0.1, 0.15) is 195 Å². The quantitative estimate of drug-likeness (QED) is 0.0731. The molecule has 2 atom stereocenters. The number of rotatable bonds is 17. The van der Waals surface area contributed by atoms with Crippen molar-refractivity contribution in [2.75, 3.05) is 0 Å². The summed E-state index contributed by atoms with van der Waals surface area (Å²) < 4.78 is 0.265. The molecule has 2 saturated carbocycles. The molecule has 0 bridgehead atoms. The summed E-state index contributed by atoms with van der Waals surface area (Å²) in [5.74, 6) is -0.250. The van der Waals surface area contributed by atoms with Gasteiger partial charge in [0.15, 0.2) is 0 Å². The molecule has 4 aliphatic carbocycles. The SMILES string of the molecule is CCCCCCC1=Cc2c(-c3ccc(C4CCCCC4)cc3)cccc2[CH]1[Zr]([Cl])([Cl])([CH]1C(CCCCCC)=Cc2c(-c3ccc(C4CCCCC4)cc3)cccc21)[SiH](C)C. The molecule has 0 aliphatic heterocycles. The molecule has 60 heavy (non-hydrogen) atoms. The summed E-state index contributed by atoms with van der Waals surface area (Å²) in [4.78, 5) is 0. The Kier molecular flexibility index (Phi) is 14.8. The summed E-state index contributed by atoms with van der Waals surface area (Å²) >= 11 is -4.95. The maximum atomic E-state index is 9.03. The van der Waals surface area contributed by atoms with Crippen LogP contribution in [0.15, 0.2) is 96.1 Å². The Balaban J connectivity index is 1.23. The molecule has 8 rings (SSSR count). The van der Waals surface area contributed by atoms with Crippen molar-refractivity contribution in [1.82, 2.24) is 0 Å². The van der Waals surface area contributed by atoms with E-state index in [1.807, 2.05) is 0 Å². The van der Waals surface area contributed by atoms with Crippen molar-refractivity contribution < 1.29 is 15.6 Å². The van der Waals surface area contributed by atoms with Crippen LogP contribution < -0.4 is 0 Å². The average Bonchev–Trinajstić information content (AvgIpc) is 3.87. The molecule has 0 nitrogen and oxygen atoms in total. The van der Waals surface area contributed by atoms with Crippen LogP contribution in [-0.4, -0.2) is 5.92 Å². The van der Waals surface area contributed by atoms with Gasteiger partial charge >= 0.3 is 377 Å². The van der Waals surface area contributed by atoms with Crippen LogP contribution in [0.3, 0.4) is 0 Å². The monoisotopic (exact) mass is 933 g/mol. The van der Waals surface area contributed by atoms with Gasteiger partial charge in [0.05, 0.1) is 0 Å². The number of benzene rings is 4. The van der Waals surface area contributed by atoms with Crippen LogP contribution in [0.2, 0.25) is 13.1 Å². The summed E-state index contributed by atoms with van der Waals surface area (Å²) in [5, 5.41) is 0. The molecule has 4 aromatic carbocycles.